The van der Waals surface area contributed by atoms with Crippen molar-refractivity contribution < 1.29 is 80.6 Å². The number of nitrogens with one attached hydrogen (secondary N) is 2. The average Bonchev–Trinajstić information content (AvgIpc) is 1.73. The number of carbonyl (C=O) groups is 1. The number of carbonyl (C=O) groups excluding carboxylic acids is 1. The lowest BCUT2D eigenvalue weighted by molar-refractivity contribution is 0.0179. The number of rotatable bonds is 45. The number of fused-ring (bicyclic) bond motifs is 8. The van der Waals surface area contributed by atoms with Crippen molar-refractivity contribution in [3.8, 4) is 56.8 Å². The molecule has 1 saturated heterocycles. The largest absolute Gasteiger partial charge is 0.491 e. The van der Waals surface area contributed by atoms with Gasteiger partial charge < -0.3 is 85.8 Å². The highest BCUT2D eigenvalue weighted by Gasteiger charge is 2.25. The molecule has 8 bridgehead atoms. The lowest BCUT2D eigenvalue weighted by Crippen LogP contribution is -2.17. The number of hydrogen-bond acceptors (Lipinski definition) is 20. The minimum absolute atomic E-state index is 0.127. The van der Waals surface area contributed by atoms with Crippen LogP contribution in [0, 0.1) is 0 Å². The van der Waals surface area contributed by atoms with E-state index in [0.29, 0.717) is 171 Å². The van der Waals surface area contributed by atoms with Crippen molar-refractivity contribution in [2.45, 2.75) is 45.3 Å². The highest BCUT2D eigenvalue weighted by molar-refractivity contribution is 5.94. The SMILES string of the molecule is COCCOCCOCCOc1ccc(COc2cc(-c3c4nc(cc5ccc([nH]5)c(-c5ccc(COC(=O)c6ccc(C7CCCN7C)cc6)cc5)c5nc(cc6ccc3[nH]6)C=C5)C=C4)cc(OCc3ccc(OCCOCCOCCOC)cc3)c2OCc2ccc(OCCOCCOCCOC)cc2)cc1. The van der Waals surface area contributed by atoms with Gasteiger partial charge in [-0.1, -0.05) is 72.8 Å². The van der Waals surface area contributed by atoms with E-state index >= 15 is 0 Å². The maximum Gasteiger partial charge on any atom is 0.338 e. The number of nitrogens with zero attached hydrogens (tertiary/aromatic N) is 3. The van der Waals surface area contributed by atoms with Gasteiger partial charge in [0, 0.05) is 60.6 Å². The molecule has 1 fully saturated rings. The summed E-state index contributed by atoms with van der Waals surface area (Å²) in [6.07, 6.45) is 10.4. The molecule has 9 aromatic rings. The predicted molar refractivity (Wildman–Crippen MR) is 419 cm³/mol. The molecular formula is C87H97N5O17. The van der Waals surface area contributed by atoms with E-state index in [4.69, 9.17) is 85.8 Å². The predicted octanol–water partition coefficient (Wildman–Crippen LogP) is 15.0. The molecule has 3 aliphatic heterocycles. The van der Waals surface area contributed by atoms with Gasteiger partial charge >= 0.3 is 5.97 Å². The number of likely N-dealkylation sites (tertiary alicyclic amines) is 1. The summed E-state index contributed by atoms with van der Waals surface area (Å²) in [7, 11) is 7.08. The van der Waals surface area contributed by atoms with Gasteiger partial charge in [-0.2, -0.15) is 0 Å². The first-order valence-electron chi connectivity index (χ1n) is 37.0. The highest BCUT2D eigenvalue weighted by atomic mass is 16.6. The summed E-state index contributed by atoms with van der Waals surface area (Å²) in [5.74, 6) is 2.94. The van der Waals surface area contributed by atoms with Crippen LogP contribution in [0.1, 0.15) is 79.8 Å². The van der Waals surface area contributed by atoms with Gasteiger partial charge in [0.05, 0.1) is 127 Å². The molecule has 0 radical (unpaired) electrons. The van der Waals surface area contributed by atoms with Crippen molar-refractivity contribution in [1.82, 2.24) is 24.8 Å². The van der Waals surface area contributed by atoms with Crippen molar-refractivity contribution in [3.63, 3.8) is 0 Å². The first-order chi connectivity index (χ1) is 53.7. The Labute approximate surface area is 636 Å². The molecular weight excluding hydrogens is 1390 g/mol. The van der Waals surface area contributed by atoms with E-state index in [9.17, 15) is 4.79 Å². The summed E-state index contributed by atoms with van der Waals surface area (Å²) in [5.41, 5.74) is 14.8. The summed E-state index contributed by atoms with van der Waals surface area (Å²) in [6, 6.07) is 55.9. The average molecular weight is 1480 g/mol. The summed E-state index contributed by atoms with van der Waals surface area (Å²) in [6.45, 7) is 9.93. The summed E-state index contributed by atoms with van der Waals surface area (Å²) < 4.78 is 93.8. The Morgan fingerprint density at radius 2 is 0.798 bits per heavy atom. The van der Waals surface area contributed by atoms with Crippen molar-refractivity contribution in [2.75, 3.05) is 154 Å². The molecule has 0 aliphatic carbocycles. The fraction of sp³-hybridized carbons (Fsp3) is 0.345. The zero-order chi connectivity index (χ0) is 75.0. The fourth-order valence-corrected chi connectivity index (χ4v) is 12.5. The number of hydrogen-bond donors (Lipinski definition) is 2. The van der Waals surface area contributed by atoms with E-state index in [2.05, 4.69) is 34.0 Å². The van der Waals surface area contributed by atoms with Gasteiger partial charge in [-0.25, -0.2) is 14.8 Å². The quantitative estimate of drug-likeness (QED) is 0.0267. The van der Waals surface area contributed by atoms with Gasteiger partial charge in [0.25, 0.3) is 0 Å². The van der Waals surface area contributed by atoms with Gasteiger partial charge in [0.15, 0.2) is 11.5 Å². The second kappa shape index (κ2) is 41.9. The Morgan fingerprint density at radius 3 is 1.22 bits per heavy atom. The molecule has 0 spiro atoms. The van der Waals surface area contributed by atoms with Crippen molar-refractivity contribution in [3.05, 3.63) is 226 Å². The van der Waals surface area contributed by atoms with E-state index in [1.54, 1.807) is 21.3 Å². The van der Waals surface area contributed by atoms with Gasteiger partial charge in [-0.15, -0.1) is 0 Å². The minimum atomic E-state index is -0.360. The van der Waals surface area contributed by atoms with Crippen LogP contribution < -0.4 is 28.4 Å². The molecule has 12 rings (SSSR count). The number of ether oxygens (including phenoxy) is 16. The molecule has 109 heavy (non-hydrogen) atoms. The number of benzene rings is 6. The number of esters is 1. The van der Waals surface area contributed by atoms with Crippen LogP contribution >= 0.6 is 0 Å². The van der Waals surface area contributed by atoms with E-state index < -0.39 is 0 Å². The molecule has 2 N–H and O–H groups in total. The van der Waals surface area contributed by atoms with Gasteiger partial charge in [-0.05, 0) is 187 Å². The molecule has 3 aromatic heterocycles. The molecule has 572 valence electrons. The van der Waals surface area contributed by atoms with Crippen LogP contribution in [0.4, 0.5) is 0 Å². The Bertz CT molecular complexity index is 4450. The van der Waals surface area contributed by atoms with Crippen LogP contribution in [-0.4, -0.2) is 185 Å². The molecule has 1 atom stereocenters. The Kier molecular flexibility index (Phi) is 30.2. The molecule has 6 aromatic carbocycles. The van der Waals surface area contributed by atoms with Crippen molar-refractivity contribution in [1.29, 1.82) is 0 Å². The first-order valence-corrected chi connectivity index (χ1v) is 37.0. The number of methoxy groups -OCH3 is 3. The summed E-state index contributed by atoms with van der Waals surface area (Å²) in [4.78, 5) is 33.7. The number of H-pyrrole nitrogens is 2. The van der Waals surface area contributed by atoms with E-state index in [-0.39, 0.29) is 32.4 Å². The Balaban J connectivity index is 0.843. The topological polar surface area (TPSA) is 225 Å². The molecule has 0 saturated carbocycles. The molecule has 0 amide bonds. The lowest BCUT2D eigenvalue weighted by Gasteiger charge is -2.20. The van der Waals surface area contributed by atoms with Gasteiger partial charge in [0.1, 0.15) is 63.5 Å². The van der Waals surface area contributed by atoms with Crippen LogP contribution in [0.3, 0.4) is 0 Å². The number of aromatic amines is 2. The molecule has 22 heteroatoms. The standard InChI is InChI=1S/C87H97N5O17/c1-92-35-5-6-81(92)66-17-19-68(20-18-66)87(93)109-61-62-7-15-67(16-8-62)84-77-31-21-70(88-77)56-72-23-33-79(90-72)85(80-34-24-73(91-80)57-71-22-32-78(84)89-71)69-54-82(106-58-63-9-25-74(26-10-63)103-51-48-100-45-42-97-39-36-94-2)86(108-60-65-13-29-76(30-14-65)105-53-50-102-47-44-99-41-38-96-4)83(55-69)107-59-64-11-27-75(28-12-64)104-52-49-101-46-43-98-40-37-95-3/h7-34,54-57,81,88,91H,5-6,35-53,58-61H2,1-4H3. The Morgan fingerprint density at radius 1 is 0.404 bits per heavy atom. The zero-order valence-electron chi connectivity index (χ0n) is 62.5. The molecule has 6 heterocycles. The summed E-state index contributed by atoms with van der Waals surface area (Å²) in [5, 5.41) is 0. The normalized spacial score (nSPS) is 13.3. The number of aromatic nitrogens is 4. The molecule has 3 aliphatic rings. The van der Waals surface area contributed by atoms with Crippen LogP contribution in [0.5, 0.6) is 34.5 Å². The zero-order valence-corrected chi connectivity index (χ0v) is 62.5. The van der Waals surface area contributed by atoms with Crippen LogP contribution in [0.25, 0.3) is 68.6 Å². The van der Waals surface area contributed by atoms with E-state index in [1.165, 1.54) is 12.0 Å². The highest BCUT2D eigenvalue weighted by Crippen LogP contribution is 2.45. The Hall–Kier alpha value is -10.2. The maximum absolute atomic E-state index is 13.3. The fourth-order valence-electron chi connectivity index (χ4n) is 12.5. The van der Waals surface area contributed by atoms with E-state index in [0.717, 1.165) is 96.6 Å². The molecule has 1 unspecified atom stereocenters. The van der Waals surface area contributed by atoms with Crippen LogP contribution in [0.2, 0.25) is 0 Å². The third-order valence-corrected chi connectivity index (χ3v) is 18.2. The van der Waals surface area contributed by atoms with Crippen molar-refractivity contribution in [2.24, 2.45) is 0 Å². The second-order valence-electron chi connectivity index (χ2n) is 26.0. The monoisotopic (exact) mass is 1480 g/mol. The second-order valence-corrected chi connectivity index (χ2v) is 26.0. The van der Waals surface area contributed by atoms with E-state index in [1.807, 2.05) is 182 Å². The van der Waals surface area contributed by atoms with Gasteiger partial charge in [-0.3, -0.25) is 4.90 Å². The van der Waals surface area contributed by atoms with Gasteiger partial charge in [0.2, 0.25) is 5.75 Å². The van der Waals surface area contributed by atoms with Crippen LogP contribution in [0.15, 0.2) is 170 Å². The van der Waals surface area contributed by atoms with Crippen molar-refractivity contribution >= 4 is 52.3 Å². The van der Waals surface area contributed by atoms with Crippen LogP contribution in [-0.2, 0) is 73.8 Å². The maximum atomic E-state index is 13.3. The first kappa shape index (κ1) is 78.4. The summed E-state index contributed by atoms with van der Waals surface area (Å²) >= 11 is 0. The minimum Gasteiger partial charge on any atom is -0.491 e. The lowest BCUT2D eigenvalue weighted by atomic mass is 10.0. The smallest absolute Gasteiger partial charge is 0.338 e. The molecule has 22 nitrogen and oxygen atoms in total. The third kappa shape index (κ3) is 23.6. The third-order valence-electron chi connectivity index (χ3n) is 18.2.